The number of hydrogen-bond acceptors (Lipinski definition) is 5. The summed E-state index contributed by atoms with van der Waals surface area (Å²) < 4.78 is 30.4. The molecule has 0 aliphatic carbocycles. The van der Waals surface area contributed by atoms with Crippen LogP contribution in [-0.2, 0) is 21.2 Å². The zero-order valence-electron chi connectivity index (χ0n) is 14.8. The fraction of sp³-hybridized carbons (Fsp3) is 0.667. The van der Waals surface area contributed by atoms with Crippen LogP contribution >= 0.6 is 0 Å². The summed E-state index contributed by atoms with van der Waals surface area (Å²) in [5, 5.41) is 0. The Bertz CT molecular complexity index is 756. The number of carbonyl (C=O) groups is 1. The van der Waals surface area contributed by atoms with Crippen LogP contribution in [0.15, 0.2) is 24.5 Å². The lowest BCUT2D eigenvalue weighted by Gasteiger charge is -2.50. The van der Waals surface area contributed by atoms with Crippen molar-refractivity contribution in [1.82, 2.24) is 14.8 Å². The molecule has 4 heterocycles. The van der Waals surface area contributed by atoms with Crippen LogP contribution < -0.4 is 0 Å². The van der Waals surface area contributed by atoms with Gasteiger partial charge in [0.2, 0.25) is 0 Å². The van der Waals surface area contributed by atoms with Gasteiger partial charge in [0.1, 0.15) is 4.75 Å². The van der Waals surface area contributed by atoms with Gasteiger partial charge in [-0.3, -0.25) is 4.98 Å². The van der Waals surface area contributed by atoms with E-state index < -0.39 is 14.6 Å². The number of amides is 2. The van der Waals surface area contributed by atoms with Crippen LogP contribution in [-0.4, -0.2) is 72.5 Å². The maximum atomic E-state index is 12.7. The van der Waals surface area contributed by atoms with E-state index in [1.165, 1.54) is 0 Å². The number of pyridine rings is 1. The molecule has 2 amide bonds. The lowest BCUT2D eigenvalue weighted by atomic mass is 9.84. The molecule has 8 heteroatoms. The number of aromatic nitrogens is 1. The van der Waals surface area contributed by atoms with Gasteiger partial charge in [-0.25, -0.2) is 13.2 Å². The number of nitrogens with zero attached hydrogens (tertiary/aromatic N) is 3. The second kappa shape index (κ2) is 6.81. The molecule has 1 aromatic heterocycles. The molecule has 0 unspecified atom stereocenters. The number of likely N-dealkylation sites (tertiary alicyclic amines) is 2. The maximum Gasteiger partial charge on any atom is 0.320 e. The van der Waals surface area contributed by atoms with E-state index in [0.29, 0.717) is 32.7 Å². The Morgan fingerprint density at radius 3 is 2.73 bits per heavy atom. The maximum absolute atomic E-state index is 12.7. The van der Waals surface area contributed by atoms with Crippen molar-refractivity contribution in [3.63, 3.8) is 0 Å². The van der Waals surface area contributed by atoms with E-state index in [9.17, 15) is 13.2 Å². The van der Waals surface area contributed by atoms with Crippen molar-refractivity contribution in [2.45, 2.75) is 30.6 Å². The van der Waals surface area contributed by atoms with Gasteiger partial charge in [0.25, 0.3) is 0 Å². The molecule has 1 atom stereocenters. The molecule has 0 radical (unpaired) electrons. The molecule has 3 saturated heterocycles. The summed E-state index contributed by atoms with van der Waals surface area (Å²) in [6.07, 6.45) is 6.14. The average Bonchev–Trinajstić information content (AvgIpc) is 3.21. The van der Waals surface area contributed by atoms with E-state index in [-0.39, 0.29) is 17.7 Å². The summed E-state index contributed by atoms with van der Waals surface area (Å²) in [6, 6.07) is 3.78. The molecule has 3 fully saturated rings. The van der Waals surface area contributed by atoms with Crippen molar-refractivity contribution in [1.29, 1.82) is 0 Å². The number of ether oxygens (including phenoxy) is 1. The third kappa shape index (κ3) is 2.99. The first-order valence-corrected chi connectivity index (χ1v) is 10.9. The molecule has 1 spiro atoms. The molecule has 4 rings (SSSR count). The Morgan fingerprint density at radius 1 is 1.27 bits per heavy atom. The number of urea groups is 1. The second-order valence-corrected chi connectivity index (χ2v) is 10.0. The average molecular weight is 379 g/mol. The Hall–Kier alpha value is -1.67. The van der Waals surface area contributed by atoms with E-state index in [4.69, 9.17) is 4.74 Å². The number of rotatable bonds is 4. The van der Waals surface area contributed by atoms with Crippen molar-refractivity contribution in [2.75, 3.05) is 38.5 Å². The highest BCUT2D eigenvalue weighted by atomic mass is 32.2. The summed E-state index contributed by atoms with van der Waals surface area (Å²) >= 11 is 0. The lowest BCUT2D eigenvalue weighted by Crippen LogP contribution is -2.70. The first-order chi connectivity index (χ1) is 12.5. The highest BCUT2D eigenvalue weighted by Crippen LogP contribution is 2.45. The van der Waals surface area contributed by atoms with Crippen LogP contribution in [0.3, 0.4) is 0 Å². The Kier molecular flexibility index (Phi) is 4.64. The molecular formula is C18H25N3O4S. The summed E-state index contributed by atoms with van der Waals surface area (Å²) in [7, 11) is -3.19. The molecule has 0 aromatic carbocycles. The minimum atomic E-state index is -3.19. The molecule has 3 aliphatic rings. The van der Waals surface area contributed by atoms with Gasteiger partial charge in [-0.1, -0.05) is 6.07 Å². The monoisotopic (exact) mass is 379 g/mol. The molecule has 7 nitrogen and oxygen atoms in total. The summed E-state index contributed by atoms with van der Waals surface area (Å²) in [5.41, 5.74) is 0.974. The van der Waals surface area contributed by atoms with Crippen LogP contribution in [0.25, 0.3) is 0 Å². The van der Waals surface area contributed by atoms with Gasteiger partial charge in [-0.05, 0) is 30.9 Å². The highest BCUT2D eigenvalue weighted by molar-refractivity contribution is 7.93. The number of sulfone groups is 1. The van der Waals surface area contributed by atoms with Gasteiger partial charge in [0.05, 0.1) is 19.0 Å². The van der Waals surface area contributed by atoms with Crippen molar-refractivity contribution < 1.29 is 17.9 Å². The van der Waals surface area contributed by atoms with Gasteiger partial charge in [0, 0.05) is 44.5 Å². The smallest absolute Gasteiger partial charge is 0.320 e. The third-order valence-electron chi connectivity index (χ3n) is 5.97. The van der Waals surface area contributed by atoms with E-state index in [1.54, 1.807) is 17.3 Å². The first-order valence-electron chi connectivity index (χ1n) is 9.25. The van der Waals surface area contributed by atoms with Crippen LogP contribution in [0.4, 0.5) is 4.79 Å². The zero-order chi connectivity index (χ0) is 18.2. The highest BCUT2D eigenvalue weighted by Gasteiger charge is 2.62. The van der Waals surface area contributed by atoms with Crippen molar-refractivity contribution >= 4 is 15.9 Å². The normalized spacial score (nSPS) is 26.2. The standard InChI is InChI=1S/C18H25N3O4S/c22-17(20-7-1-2-8-20)21-13-18(14-21)16(5-9-26(18,23)24)12-25-11-15-4-3-6-19-10-15/h3-4,6,10,16H,1-2,5,7-9,11-14H2/t16-/m1/s1. The topological polar surface area (TPSA) is 79.8 Å². The van der Waals surface area contributed by atoms with E-state index in [2.05, 4.69) is 4.98 Å². The van der Waals surface area contributed by atoms with Crippen molar-refractivity contribution in [3.8, 4) is 0 Å². The molecule has 0 bridgehead atoms. The van der Waals surface area contributed by atoms with E-state index in [0.717, 1.165) is 31.5 Å². The minimum absolute atomic E-state index is 0.00902. The van der Waals surface area contributed by atoms with Crippen LogP contribution in [0.2, 0.25) is 0 Å². The van der Waals surface area contributed by atoms with Crippen LogP contribution in [0, 0.1) is 5.92 Å². The van der Waals surface area contributed by atoms with Gasteiger partial charge in [-0.2, -0.15) is 0 Å². The fourth-order valence-corrected chi connectivity index (χ4v) is 6.75. The first kappa shape index (κ1) is 17.7. The third-order valence-corrected chi connectivity index (χ3v) is 8.58. The largest absolute Gasteiger partial charge is 0.376 e. The van der Waals surface area contributed by atoms with Crippen molar-refractivity contribution in [3.05, 3.63) is 30.1 Å². The zero-order valence-corrected chi connectivity index (χ0v) is 15.7. The van der Waals surface area contributed by atoms with Crippen LogP contribution in [0.5, 0.6) is 0 Å². The molecule has 0 N–H and O–H groups in total. The predicted molar refractivity (Wildman–Crippen MR) is 96.3 cm³/mol. The number of hydrogen-bond donors (Lipinski definition) is 0. The minimum Gasteiger partial charge on any atom is -0.376 e. The summed E-state index contributed by atoms with van der Waals surface area (Å²) in [5.74, 6) is 0.145. The quantitative estimate of drug-likeness (QED) is 0.788. The molecule has 3 aliphatic heterocycles. The summed E-state index contributed by atoms with van der Waals surface area (Å²) in [4.78, 5) is 20.1. The SMILES string of the molecule is O=C(N1CCCC1)N1CC2(C1)[C@@H](COCc1cccnc1)CCS2(=O)=O. The van der Waals surface area contributed by atoms with E-state index in [1.807, 2.05) is 17.0 Å². The van der Waals surface area contributed by atoms with Gasteiger partial charge in [-0.15, -0.1) is 0 Å². The van der Waals surface area contributed by atoms with Crippen molar-refractivity contribution in [2.24, 2.45) is 5.92 Å². The Morgan fingerprint density at radius 2 is 2.04 bits per heavy atom. The fourth-order valence-electron chi connectivity index (χ4n) is 4.35. The molecule has 1 aromatic rings. The van der Waals surface area contributed by atoms with E-state index >= 15 is 0 Å². The Balaban J connectivity index is 1.38. The van der Waals surface area contributed by atoms with Gasteiger partial charge in [0.15, 0.2) is 9.84 Å². The Labute approximate surface area is 154 Å². The predicted octanol–water partition coefficient (Wildman–Crippen LogP) is 1.30. The van der Waals surface area contributed by atoms with Gasteiger partial charge >= 0.3 is 6.03 Å². The molecular weight excluding hydrogens is 354 g/mol. The lowest BCUT2D eigenvalue weighted by molar-refractivity contribution is 0.0309. The molecule has 26 heavy (non-hydrogen) atoms. The van der Waals surface area contributed by atoms with Gasteiger partial charge < -0.3 is 14.5 Å². The number of carbonyl (C=O) groups excluding carboxylic acids is 1. The second-order valence-electron chi connectivity index (χ2n) is 7.58. The summed E-state index contributed by atoms with van der Waals surface area (Å²) in [6.45, 7) is 3.02. The van der Waals surface area contributed by atoms with Crippen LogP contribution in [0.1, 0.15) is 24.8 Å². The molecule has 0 saturated carbocycles. The molecule has 142 valence electrons.